The third-order valence-corrected chi connectivity index (χ3v) is 5.99. The van der Waals surface area contributed by atoms with Gasteiger partial charge in [0.15, 0.2) is 0 Å². The Labute approximate surface area is 124 Å². The molecular weight excluding hydrogens is 247 g/mol. The minimum Gasteiger partial charge on any atom is -0.145 e. The van der Waals surface area contributed by atoms with Gasteiger partial charge >= 0.3 is 0 Å². The number of hydrogen-bond donors (Lipinski definition) is 0. The zero-order valence-electron chi connectivity index (χ0n) is 13.4. The van der Waals surface area contributed by atoms with Crippen LogP contribution in [0.2, 0.25) is 5.82 Å². The third-order valence-electron chi connectivity index (χ3n) is 4.42. The van der Waals surface area contributed by atoms with Crippen LogP contribution in [0.25, 0.3) is 0 Å². The normalized spacial score (nSPS) is 21.1. The quantitative estimate of drug-likeness (QED) is 0.661. The van der Waals surface area contributed by atoms with Crippen molar-refractivity contribution in [1.82, 2.24) is 0 Å². The zero-order chi connectivity index (χ0) is 14.0. The van der Waals surface area contributed by atoms with Crippen molar-refractivity contribution < 1.29 is 0 Å². The van der Waals surface area contributed by atoms with Crippen molar-refractivity contribution in [3.8, 4) is 0 Å². The van der Waals surface area contributed by atoms with E-state index in [0.29, 0.717) is 11.8 Å². The molecule has 1 aromatic heterocycles. The summed E-state index contributed by atoms with van der Waals surface area (Å²) in [4.78, 5) is 3.40. The Balaban J connectivity index is 2.44. The molecule has 0 fully saturated rings. The van der Waals surface area contributed by atoms with Gasteiger partial charge in [-0.15, -0.1) is 11.3 Å². The summed E-state index contributed by atoms with van der Waals surface area (Å²) in [5.41, 5.74) is 3.46. The molecule has 2 rings (SSSR count). The van der Waals surface area contributed by atoms with Crippen LogP contribution in [0.4, 0.5) is 0 Å². The van der Waals surface area contributed by atoms with Gasteiger partial charge < -0.3 is 0 Å². The van der Waals surface area contributed by atoms with Crippen LogP contribution in [0.3, 0.4) is 0 Å². The van der Waals surface area contributed by atoms with Gasteiger partial charge in [-0.05, 0) is 42.2 Å². The van der Waals surface area contributed by atoms with Crippen LogP contribution < -0.4 is 0 Å². The van der Waals surface area contributed by atoms with E-state index < -0.39 is 0 Å². The summed E-state index contributed by atoms with van der Waals surface area (Å²) in [5.74, 6) is 2.25. The van der Waals surface area contributed by atoms with E-state index >= 15 is 0 Å². The monoisotopic (exact) mass is 276 g/mol. The molecule has 0 aliphatic heterocycles. The second-order valence-electron chi connectivity index (χ2n) is 7.00. The Kier molecular flexibility index (Phi) is 5.17. The molecule has 1 aliphatic rings. The first-order valence-electron chi connectivity index (χ1n) is 8.15. The highest BCUT2D eigenvalue weighted by Gasteiger charge is 2.23. The summed E-state index contributed by atoms with van der Waals surface area (Å²) >= 11 is 2.13. The summed E-state index contributed by atoms with van der Waals surface area (Å²) in [6.07, 6.45) is 8.34. The minimum absolute atomic E-state index is 0.688. The van der Waals surface area contributed by atoms with Crippen molar-refractivity contribution in [2.45, 2.75) is 83.9 Å². The Morgan fingerprint density at radius 1 is 1.05 bits per heavy atom. The van der Waals surface area contributed by atoms with E-state index in [9.17, 15) is 0 Å². The fourth-order valence-electron chi connectivity index (χ4n) is 3.44. The van der Waals surface area contributed by atoms with Crippen molar-refractivity contribution in [1.29, 1.82) is 0 Å². The van der Waals surface area contributed by atoms with Crippen LogP contribution in [-0.2, 0) is 12.8 Å². The highest BCUT2D eigenvalue weighted by molar-refractivity contribution is 7.12. The van der Waals surface area contributed by atoms with Gasteiger partial charge in [0, 0.05) is 9.75 Å². The molecule has 0 saturated heterocycles. The molecule has 0 aromatic carbocycles. The number of hydrogen-bond acceptors (Lipinski definition) is 1. The Bertz CT molecular complexity index is 417. The van der Waals surface area contributed by atoms with E-state index in [0.717, 1.165) is 5.82 Å². The molecule has 106 valence electrons. The third kappa shape index (κ3) is 3.45. The predicted molar refractivity (Wildman–Crippen MR) is 90.7 cm³/mol. The molecule has 0 nitrogen and oxygen atoms in total. The average molecular weight is 276 g/mol. The molecule has 1 unspecified atom stereocenters. The van der Waals surface area contributed by atoms with Gasteiger partial charge in [-0.1, -0.05) is 52.8 Å². The molecule has 2 heteroatoms. The van der Waals surface area contributed by atoms with E-state index in [1.807, 2.05) is 0 Å². The largest absolute Gasteiger partial charge is 0.145 e. The van der Waals surface area contributed by atoms with Crippen LogP contribution >= 0.6 is 11.3 Å². The maximum atomic E-state index is 2.44. The van der Waals surface area contributed by atoms with Gasteiger partial charge in [0.05, 0.1) is 0 Å². The van der Waals surface area contributed by atoms with Gasteiger partial charge in [0.1, 0.15) is 7.85 Å². The standard InChI is InChI=1S/C17H29BS/c1-11(2)16-14-9-7-5-6-8-13(18)10-15(14)19-17(16)12(3)4/h11-13H,5-10,18H2,1-4H3. The zero-order valence-corrected chi connectivity index (χ0v) is 14.2. The van der Waals surface area contributed by atoms with Crippen LogP contribution in [-0.4, -0.2) is 7.85 Å². The Morgan fingerprint density at radius 3 is 2.42 bits per heavy atom. The fraction of sp³-hybridized carbons (Fsp3) is 0.765. The molecule has 1 heterocycles. The van der Waals surface area contributed by atoms with Crippen LogP contribution in [0.15, 0.2) is 0 Å². The van der Waals surface area contributed by atoms with Crippen molar-refractivity contribution in [2.24, 2.45) is 0 Å². The second-order valence-corrected chi connectivity index (χ2v) is 8.14. The number of rotatable bonds is 2. The van der Waals surface area contributed by atoms with E-state index in [2.05, 4.69) is 46.9 Å². The lowest BCUT2D eigenvalue weighted by atomic mass is 9.79. The van der Waals surface area contributed by atoms with E-state index in [-0.39, 0.29) is 0 Å². The highest BCUT2D eigenvalue weighted by atomic mass is 32.1. The lowest BCUT2D eigenvalue weighted by Crippen LogP contribution is -2.00. The van der Waals surface area contributed by atoms with Gasteiger partial charge in [0.2, 0.25) is 0 Å². The molecule has 0 bridgehead atoms. The lowest BCUT2D eigenvalue weighted by Gasteiger charge is -2.14. The van der Waals surface area contributed by atoms with Crippen molar-refractivity contribution in [2.75, 3.05) is 0 Å². The van der Waals surface area contributed by atoms with Crippen LogP contribution in [0.5, 0.6) is 0 Å². The molecule has 1 aliphatic carbocycles. The molecule has 0 radical (unpaired) electrons. The summed E-state index contributed by atoms with van der Waals surface area (Å²) in [6, 6.07) is 0. The molecule has 0 saturated carbocycles. The van der Waals surface area contributed by atoms with Crippen molar-refractivity contribution in [3.05, 3.63) is 20.9 Å². The highest BCUT2D eigenvalue weighted by Crippen LogP contribution is 2.41. The molecular formula is C17H29BS. The first kappa shape index (κ1) is 15.2. The Hall–Kier alpha value is -0.235. The summed E-state index contributed by atoms with van der Waals surface area (Å²) in [5, 5.41) is 0. The molecule has 19 heavy (non-hydrogen) atoms. The molecule has 0 N–H and O–H groups in total. The number of thiophene rings is 1. The fourth-order valence-corrected chi connectivity index (χ4v) is 5.11. The Morgan fingerprint density at radius 2 is 1.79 bits per heavy atom. The van der Waals surface area contributed by atoms with Crippen molar-refractivity contribution in [3.63, 3.8) is 0 Å². The molecule has 0 spiro atoms. The van der Waals surface area contributed by atoms with Gasteiger partial charge in [-0.3, -0.25) is 0 Å². The number of fused-ring (bicyclic) bond motifs is 1. The first-order valence-corrected chi connectivity index (χ1v) is 8.96. The van der Waals surface area contributed by atoms with Gasteiger partial charge in [-0.25, -0.2) is 0 Å². The SMILES string of the molecule is BC1CCCCCc2c(sc(C(C)C)c2C(C)C)C1. The van der Waals surface area contributed by atoms with E-state index in [4.69, 9.17) is 0 Å². The molecule has 0 amide bonds. The van der Waals surface area contributed by atoms with Gasteiger partial charge in [-0.2, -0.15) is 0 Å². The van der Waals surface area contributed by atoms with Crippen LogP contribution in [0, 0.1) is 0 Å². The minimum atomic E-state index is 0.688. The lowest BCUT2D eigenvalue weighted by molar-refractivity contribution is 0.627. The van der Waals surface area contributed by atoms with E-state index in [1.54, 1.807) is 20.9 Å². The maximum absolute atomic E-state index is 2.44. The summed E-state index contributed by atoms with van der Waals surface area (Å²) in [6.45, 7) is 9.48. The van der Waals surface area contributed by atoms with Gasteiger partial charge in [0.25, 0.3) is 0 Å². The predicted octanol–water partition coefficient (Wildman–Crippen LogP) is 5.08. The average Bonchev–Trinajstić information content (AvgIpc) is 2.69. The maximum Gasteiger partial charge on any atom is 0.105 e. The summed E-state index contributed by atoms with van der Waals surface area (Å²) in [7, 11) is 2.44. The second kappa shape index (κ2) is 6.48. The summed E-state index contributed by atoms with van der Waals surface area (Å²) < 4.78 is 0. The molecule has 1 aromatic rings. The van der Waals surface area contributed by atoms with E-state index in [1.165, 1.54) is 38.5 Å². The van der Waals surface area contributed by atoms with Crippen molar-refractivity contribution >= 4 is 19.2 Å². The molecule has 1 atom stereocenters. The first-order chi connectivity index (χ1) is 9.00. The smallest absolute Gasteiger partial charge is 0.105 e. The topological polar surface area (TPSA) is 0 Å². The van der Waals surface area contributed by atoms with Crippen LogP contribution in [0.1, 0.15) is 86.1 Å².